The Hall–Kier alpha value is -3.64. The van der Waals surface area contributed by atoms with Crippen molar-refractivity contribution in [1.82, 2.24) is 20.4 Å². The summed E-state index contributed by atoms with van der Waals surface area (Å²) in [4.78, 5) is 15.0. The molecule has 0 aliphatic carbocycles. The molecule has 0 bridgehead atoms. The summed E-state index contributed by atoms with van der Waals surface area (Å²) in [6, 6.07) is 25.5. The zero-order valence-corrected chi connectivity index (χ0v) is 18.4. The number of urea groups is 1. The lowest BCUT2D eigenvalue weighted by Crippen LogP contribution is -2.65. The smallest absolute Gasteiger partial charge is 0.318 e. The maximum absolute atomic E-state index is 13.3. The van der Waals surface area contributed by atoms with Crippen LogP contribution in [0.25, 0.3) is 10.9 Å². The van der Waals surface area contributed by atoms with E-state index in [-0.39, 0.29) is 18.1 Å². The molecule has 3 N–H and O–H groups in total. The lowest BCUT2D eigenvalue weighted by molar-refractivity contribution is 0.0100. The molecule has 33 heavy (non-hydrogen) atoms. The van der Waals surface area contributed by atoms with Gasteiger partial charge in [-0.25, -0.2) is 4.79 Å². The van der Waals surface area contributed by atoms with Crippen LogP contribution in [0.2, 0.25) is 0 Å². The number of benzene rings is 3. The summed E-state index contributed by atoms with van der Waals surface area (Å²) < 4.78 is 0. The van der Waals surface area contributed by atoms with Gasteiger partial charge in [-0.3, -0.25) is 5.10 Å². The summed E-state index contributed by atoms with van der Waals surface area (Å²) in [6.45, 7) is 0.424. The number of aromatic nitrogens is 2. The van der Waals surface area contributed by atoms with E-state index in [4.69, 9.17) is 0 Å². The minimum atomic E-state index is -0.677. The SMILES string of the molecule is O=C1N[C@H](CCc2ccccc2)[C@@H](O)[C@@H](Cc2ccccc2)N1Cc1ccc2[nH]ncc2c1. The van der Waals surface area contributed by atoms with E-state index in [9.17, 15) is 9.90 Å². The highest BCUT2D eigenvalue weighted by Crippen LogP contribution is 2.25. The number of rotatable bonds is 7. The van der Waals surface area contributed by atoms with Gasteiger partial charge < -0.3 is 15.3 Å². The van der Waals surface area contributed by atoms with Crippen LogP contribution in [0, 0.1) is 0 Å². The number of nitrogens with zero attached hydrogens (tertiary/aromatic N) is 2. The van der Waals surface area contributed by atoms with Crippen molar-refractivity contribution in [3.8, 4) is 0 Å². The highest BCUT2D eigenvalue weighted by Gasteiger charge is 2.40. The molecule has 1 saturated heterocycles. The third-order valence-corrected chi connectivity index (χ3v) is 6.51. The van der Waals surface area contributed by atoms with Gasteiger partial charge in [0.1, 0.15) is 0 Å². The topological polar surface area (TPSA) is 81.2 Å². The van der Waals surface area contributed by atoms with E-state index >= 15 is 0 Å². The molecule has 168 valence electrons. The number of nitrogens with one attached hydrogen (secondary N) is 2. The minimum Gasteiger partial charge on any atom is -0.389 e. The summed E-state index contributed by atoms with van der Waals surface area (Å²) in [5, 5.41) is 22.5. The molecule has 0 saturated carbocycles. The first-order valence-electron chi connectivity index (χ1n) is 11.4. The highest BCUT2D eigenvalue weighted by molar-refractivity contribution is 5.79. The van der Waals surface area contributed by atoms with E-state index < -0.39 is 6.10 Å². The fourth-order valence-electron chi connectivity index (χ4n) is 4.70. The number of aliphatic hydroxyl groups excluding tert-OH is 1. The van der Waals surface area contributed by atoms with Gasteiger partial charge in [-0.2, -0.15) is 5.10 Å². The Bertz CT molecular complexity index is 1210. The van der Waals surface area contributed by atoms with Crippen molar-refractivity contribution in [2.45, 2.75) is 44.0 Å². The molecule has 0 unspecified atom stereocenters. The molecule has 2 amide bonds. The summed E-state index contributed by atoms with van der Waals surface area (Å²) in [6.07, 6.45) is 3.20. The van der Waals surface area contributed by atoms with E-state index in [1.165, 1.54) is 5.56 Å². The second-order valence-corrected chi connectivity index (χ2v) is 8.75. The maximum Gasteiger partial charge on any atom is 0.318 e. The van der Waals surface area contributed by atoms with Gasteiger partial charge >= 0.3 is 6.03 Å². The molecule has 1 aliphatic heterocycles. The summed E-state index contributed by atoms with van der Waals surface area (Å²) in [5.41, 5.74) is 4.28. The molecule has 1 aromatic heterocycles. The fraction of sp³-hybridized carbons (Fsp3) is 0.259. The largest absolute Gasteiger partial charge is 0.389 e. The molecule has 5 rings (SSSR count). The number of hydrogen-bond acceptors (Lipinski definition) is 3. The molecule has 4 aromatic rings. The van der Waals surface area contributed by atoms with Gasteiger partial charge in [-0.05, 0) is 48.1 Å². The first-order chi connectivity index (χ1) is 16.2. The van der Waals surface area contributed by atoms with Crippen molar-refractivity contribution in [2.24, 2.45) is 0 Å². The average molecular weight is 441 g/mol. The number of hydrogen-bond donors (Lipinski definition) is 3. The predicted molar refractivity (Wildman–Crippen MR) is 129 cm³/mol. The Morgan fingerprint density at radius 3 is 2.39 bits per heavy atom. The van der Waals surface area contributed by atoms with Crippen LogP contribution >= 0.6 is 0 Å². The van der Waals surface area contributed by atoms with Crippen LogP contribution in [0.15, 0.2) is 85.1 Å². The lowest BCUT2D eigenvalue weighted by Gasteiger charge is -2.44. The van der Waals surface area contributed by atoms with E-state index in [1.807, 2.05) is 66.7 Å². The number of carbonyl (C=O) groups excluding carboxylic acids is 1. The minimum absolute atomic E-state index is 0.133. The molecule has 6 heteroatoms. The van der Waals surface area contributed by atoms with E-state index in [1.54, 1.807) is 11.1 Å². The van der Waals surface area contributed by atoms with Crippen molar-refractivity contribution < 1.29 is 9.90 Å². The van der Waals surface area contributed by atoms with Crippen molar-refractivity contribution in [1.29, 1.82) is 0 Å². The van der Waals surface area contributed by atoms with Gasteiger partial charge in [0.15, 0.2) is 0 Å². The number of amides is 2. The van der Waals surface area contributed by atoms with E-state index in [2.05, 4.69) is 27.6 Å². The molecule has 0 spiro atoms. The molecular formula is C27H28N4O2. The van der Waals surface area contributed by atoms with Crippen LogP contribution in [-0.4, -0.2) is 44.4 Å². The average Bonchev–Trinajstić information content (AvgIpc) is 3.32. The number of carbonyl (C=O) groups is 1. The summed E-state index contributed by atoms with van der Waals surface area (Å²) >= 11 is 0. The van der Waals surface area contributed by atoms with Crippen LogP contribution in [0.3, 0.4) is 0 Å². The van der Waals surface area contributed by atoms with Gasteiger partial charge in [0, 0.05) is 11.9 Å². The van der Waals surface area contributed by atoms with E-state index in [0.29, 0.717) is 19.4 Å². The predicted octanol–water partition coefficient (Wildman–Crippen LogP) is 4.06. The quantitative estimate of drug-likeness (QED) is 0.405. The molecular weight excluding hydrogens is 412 g/mol. The lowest BCUT2D eigenvalue weighted by atomic mass is 9.89. The normalized spacial score (nSPS) is 20.7. The summed E-state index contributed by atoms with van der Waals surface area (Å²) in [7, 11) is 0. The third kappa shape index (κ3) is 4.76. The molecule has 0 radical (unpaired) electrons. The van der Waals surface area contributed by atoms with Crippen LogP contribution in [0.5, 0.6) is 0 Å². The van der Waals surface area contributed by atoms with Gasteiger partial charge in [-0.15, -0.1) is 0 Å². The molecule has 3 atom stereocenters. The Morgan fingerprint density at radius 2 is 1.64 bits per heavy atom. The van der Waals surface area contributed by atoms with E-state index in [0.717, 1.165) is 28.5 Å². The zero-order chi connectivity index (χ0) is 22.6. The Balaban J connectivity index is 1.38. The van der Waals surface area contributed by atoms with Crippen LogP contribution in [0.4, 0.5) is 4.79 Å². The Morgan fingerprint density at radius 1 is 0.909 bits per heavy atom. The maximum atomic E-state index is 13.3. The monoisotopic (exact) mass is 440 g/mol. The van der Waals surface area contributed by atoms with Gasteiger partial charge in [0.2, 0.25) is 0 Å². The first kappa shape index (κ1) is 21.2. The van der Waals surface area contributed by atoms with Gasteiger partial charge in [0.05, 0.1) is 29.9 Å². The first-order valence-corrected chi connectivity index (χ1v) is 11.4. The number of H-pyrrole nitrogens is 1. The van der Waals surface area contributed by atoms with Crippen LogP contribution < -0.4 is 5.32 Å². The summed E-state index contributed by atoms with van der Waals surface area (Å²) in [5.74, 6) is 0. The number of fused-ring (bicyclic) bond motifs is 1. The standard InChI is InChI=1S/C27H28N4O2/c32-26-24(14-11-19-7-3-1-4-8-19)29-27(33)31(25(26)16-20-9-5-2-6-10-20)18-21-12-13-23-22(15-21)17-28-30-23/h1-10,12-13,15,17,24-26,32H,11,14,16,18H2,(H,28,30)(H,29,33)/t24-,25-,26-/m1/s1. The molecule has 1 fully saturated rings. The molecule has 6 nitrogen and oxygen atoms in total. The van der Waals surface area contributed by atoms with Crippen molar-refractivity contribution in [3.63, 3.8) is 0 Å². The van der Waals surface area contributed by atoms with Crippen molar-refractivity contribution >= 4 is 16.9 Å². The van der Waals surface area contributed by atoms with Crippen LogP contribution in [0.1, 0.15) is 23.1 Å². The highest BCUT2D eigenvalue weighted by atomic mass is 16.3. The Kier molecular flexibility index (Phi) is 6.09. The molecule has 2 heterocycles. The number of aliphatic hydroxyl groups is 1. The molecule has 1 aliphatic rings. The second-order valence-electron chi connectivity index (χ2n) is 8.75. The molecule has 3 aromatic carbocycles. The Labute approximate surface area is 193 Å². The second kappa shape index (κ2) is 9.46. The zero-order valence-electron chi connectivity index (χ0n) is 18.4. The van der Waals surface area contributed by atoms with Crippen molar-refractivity contribution in [3.05, 3.63) is 102 Å². The third-order valence-electron chi connectivity index (χ3n) is 6.51. The van der Waals surface area contributed by atoms with Gasteiger partial charge in [0.25, 0.3) is 0 Å². The number of aromatic amines is 1. The number of aryl methyl sites for hydroxylation is 1. The van der Waals surface area contributed by atoms with Crippen LogP contribution in [-0.2, 0) is 19.4 Å². The van der Waals surface area contributed by atoms with Gasteiger partial charge in [-0.1, -0.05) is 66.7 Å². The van der Waals surface area contributed by atoms with Crippen molar-refractivity contribution in [2.75, 3.05) is 0 Å². The fourth-order valence-corrected chi connectivity index (χ4v) is 4.70.